The van der Waals surface area contributed by atoms with Gasteiger partial charge in [0.15, 0.2) is 0 Å². The van der Waals surface area contributed by atoms with Crippen LogP contribution in [-0.4, -0.2) is 40.1 Å². The number of aliphatic carboxylic acids is 1. The van der Waals surface area contributed by atoms with Gasteiger partial charge in [-0.25, -0.2) is 0 Å². The van der Waals surface area contributed by atoms with E-state index in [1.165, 1.54) is 5.56 Å². The van der Waals surface area contributed by atoms with Crippen LogP contribution in [0, 0.1) is 0 Å². The number of hydrogen-bond acceptors (Lipinski definition) is 3. The van der Waals surface area contributed by atoms with Gasteiger partial charge in [-0.2, -0.15) is 0 Å². The molecule has 0 spiro atoms. The molecule has 0 aliphatic carbocycles. The number of carboxylic acid groups (broad SMARTS) is 1. The topological polar surface area (TPSA) is 53.4 Å². The minimum absolute atomic E-state index is 0.477. The molecular weight excluding hydrogens is 264 g/mol. The van der Waals surface area contributed by atoms with Crippen LogP contribution in [-0.2, 0) is 4.79 Å². The fraction of sp³-hybridized carbons (Fsp3) is 0.529. The van der Waals surface area contributed by atoms with Crippen molar-refractivity contribution in [2.75, 3.05) is 13.1 Å². The lowest BCUT2D eigenvalue weighted by molar-refractivity contribution is -0.141. The number of rotatable bonds is 6. The number of pyridine rings is 1. The number of likely N-dealkylation sites (tertiary alicyclic amines) is 1. The molecule has 4 nitrogen and oxygen atoms in total. The largest absolute Gasteiger partial charge is 0.480 e. The van der Waals surface area contributed by atoms with E-state index in [2.05, 4.69) is 28.9 Å². The molecule has 1 fully saturated rings. The van der Waals surface area contributed by atoms with Gasteiger partial charge in [0.05, 0.1) is 0 Å². The van der Waals surface area contributed by atoms with Crippen LogP contribution in [0.25, 0.3) is 0 Å². The van der Waals surface area contributed by atoms with E-state index >= 15 is 0 Å². The molecule has 1 aliphatic rings. The molecule has 2 heterocycles. The zero-order chi connectivity index (χ0) is 15.1. The quantitative estimate of drug-likeness (QED) is 0.817. The average Bonchev–Trinajstić information content (AvgIpc) is 2.52. The highest BCUT2D eigenvalue weighted by atomic mass is 16.4. The first kappa shape index (κ1) is 15.7. The number of aromatic nitrogens is 1. The highest BCUT2D eigenvalue weighted by Gasteiger charge is 2.28. The predicted molar refractivity (Wildman–Crippen MR) is 83.3 cm³/mol. The van der Waals surface area contributed by atoms with Gasteiger partial charge < -0.3 is 5.11 Å². The van der Waals surface area contributed by atoms with Crippen molar-refractivity contribution in [3.05, 3.63) is 42.2 Å². The van der Waals surface area contributed by atoms with E-state index in [9.17, 15) is 9.90 Å². The molecule has 0 bridgehead atoms. The van der Waals surface area contributed by atoms with Crippen LogP contribution in [0.15, 0.2) is 36.7 Å². The molecule has 114 valence electrons. The highest BCUT2D eigenvalue weighted by molar-refractivity contribution is 5.75. The SMILES string of the molecule is CCC/C=C/[C@H](C(=O)O)N1CCC(c2ccncc2)CC1. The summed E-state index contributed by atoms with van der Waals surface area (Å²) < 4.78 is 0. The molecule has 0 radical (unpaired) electrons. The normalized spacial score (nSPS) is 18.9. The van der Waals surface area contributed by atoms with E-state index in [0.29, 0.717) is 5.92 Å². The second-order valence-electron chi connectivity index (χ2n) is 5.59. The summed E-state index contributed by atoms with van der Waals surface area (Å²) in [5.41, 5.74) is 1.32. The minimum Gasteiger partial charge on any atom is -0.480 e. The Kier molecular flexibility index (Phi) is 5.93. The van der Waals surface area contributed by atoms with Crippen molar-refractivity contribution >= 4 is 5.97 Å². The Morgan fingerprint density at radius 3 is 2.67 bits per heavy atom. The van der Waals surface area contributed by atoms with Gasteiger partial charge in [0, 0.05) is 12.4 Å². The maximum atomic E-state index is 11.4. The number of nitrogens with zero attached hydrogens (tertiary/aromatic N) is 2. The monoisotopic (exact) mass is 288 g/mol. The number of carbonyl (C=O) groups is 1. The molecule has 1 atom stereocenters. The van der Waals surface area contributed by atoms with Gasteiger partial charge in [0.25, 0.3) is 0 Å². The van der Waals surface area contributed by atoms with Crippen LogP contribution in [0.2, 0.25) is 0 Å². The first-order valence-electron chi connectivity index (χ1n) is 7.75. The first-order valence-corrected chi connectivity index (χ1v) is 7.75. The average molecular weight is 288 g/mol. The van der Waals surface area contributed by atoms with E-state index in [4.69, 9.17) is 0 Å². The molecule has 4 heteroatoms. The third-order valence-electron chi connectivity index (χ3n) is 4.13. The van der Waals surface area contributed by atoms with Crippen molar-refractivity contribution in [2.24, 2.45) is 0 Å². The maximum Gasteiger partial charge on any atom is 0.324 e. The van der Waals surface area contributed by atoms with Crippen molar-refractivity contribution in [3.63, 3.8) is 0 Å². The molecule has 0 unspecified atom stereocenters. The number of piperidine rings is 1. The second kappa shape index (κ2) is 7.93. The van der Waals surface area contributed by atoms with E-state index in [-0.39, 0.29) is 0 Å². The Morgan fingerprint density at radius 2 is 2.10 bits per heavy atom. The summed E-state index contributed by atoms with van der Waals surface area (Å²) in [5.74, 6) is -0.219. The zero-order valence-electron chi connectivity index (χ0n) is 12.6. The number of allylic oxidation sites excluding steroid dienone is 1. The molecule has 1 aromatic heterocycles. The molecule has 1 aromatic rings. The van der Waals surface area contributed by atoms with E-state index in [1.807, 2.05) is 24.5 Å². The van der Waals surface area contributed by atoms with Crippen molar-refractivity contribution in [1.82, 2.24) is 9.88 Å². The molecule has 1 N–H and O–H groups in total. The molecule has 0 aromatic carbocycles. The van der Waals surface area contributed by atoms with Gasteiger partial charge in [-0.1, -0.05) is 25.5 Å². The fourth-order valence-electron chi connectivity index (χ4n) is 2.90. The van der Waals surface area contributed by atoms with Crippen molar-refractivity contribution in [3.8, 4) is 0 Å². The minimum atomic E-state index is -0.746. The van der Waals surface area contributed by atoms with E-state index in [0.717, 1.165) is 38.8 Å². The summed E-state index contributed by atoms with van der Waals surface area (Å²) in [6, 6.07) is 3.65. The van der Waals surface area contributed by atoms with Gasteiger partial charge in [-0.15, -0.1) is 0 Å². The summed E-state index contributed by atoms with van der Waals surface area (Å²) in [6.45, 7) is 3.77. The van der Waals surface area contributed by atoms with Crippen molar-refractivity contribution in [1.29, 1.82) is 0 Å². The summed E-state index contributed by atoms with van der Waals surface area (Å²) >= 11 is 0. The number of unbranched alkanes of at least 4 members (excludes halogenated alkanes) is 1. The van der Waals surface area contributed by atoms with Crippen molar-refractivity contribution in [2.45, 2.75) is 44.6 Å². The van der Waals surface area contributed by atoms with Gasteiger partial charge in [0.2, 0.25) is 0 Å². The van der Waals surface area contributed by atoms with Crippen LogP contribution >= 0.6 is 0 Å². The molecule has 21 heavy (non-hydrogen) atoms. The molecule has 0 amide bonds. The second-order valence-corrected chi connectivity index (χ2v) is 5.59. The highest BCUT2D eigenvalue weighted by Crippen LogP contribution is 2.28. The molecule has 1 aliphatic heterocycles. The maximum absolute atomic E-state index is 11.4. The standard InChI is InChI=1S/C17H24N2O2/c1-2-3-4-5-16(17(20)21)19-12-8-15(9-13-19)14-6-10-18-11-7-14/h4-7,10-11,15-16H,2-3,8-9,12-13H2,1H3,(H,20,21)/b5-4+/t16-/m1/s1. The Bertz CT molecular complexity index is 465. The van der Waals surface area contributed by atoms with Crippen LogP contribution in [0.5, 0.6) is 0 Å². The Morgan fingerprint density at radius 1 is 1.43 bits per heavy atom. The molecule has 0 saturated carbocycles. The zero-order valence-corrected chi connectivity index (χ0v) is 12.6. The lowest BCUT2D eigenvalue weighted by Crippen LogP contribution is -2.44. The smallest absolute Gasteiger partial charge is 0.324 e. The number of carboxylic acids is 1. The summed E-state index contributed by atoms with van der Waals surface area (Å²) in [4.78, 5) is 17.6. The van der Waals surface area contributed by atoms with Crippen LogP contribution in [0.3, 0.4) is 0 Å². The van der Waals surface area contributed by atoms with E-state index < -0.39 is 12.0 Å². The third-order valence-corrected chi connectivity index (χ3v) is 4.13. The van der Waals surface area contributed by atoms with Crippen LogP contribution in [0.4, 0.5) is 0 Å². The van der Waals surface area contributed by atoms with Gasteiger partial charge >= 0.3 is 5.97 Å². The Hall–Kier alpha value is -1.68. The van der Waals surface area contributed by atoms with E-state index in [1.54, 1.807) is 0 Å². The summed E-state index contributed by atoms with van der Waals surface area (Å²) in [7, 11) is 0. The number of hydrogen-bond donors (Lipinski definition) is 1. The Balaban J connectivity index is 1.93. The molecule has 2 rings (SSSR count). The Labute approximate surface area is 126 Å². The van der Waals surface area contributed by atoms with Crippen LogP contribution in [0.1, 0.15) is 44.1 Å². The van der Waals surface area contributed by atoms with Gasteiger partial charge in [0.1, 0.15) is 6.04 Å². The summed E-state index contributed by atoms with van der Waals surface area (Å²) in [6.07, 6.45) is 11.5. The fourth-order valence-corrected chi connectivity index (χ4v) is 2.90. The van der Waals surface area contributed by atoms with Crippen molar-refractivity contribution < 1.29 is 9.90 Å². The molecular formula is C17H24N2O2. The molecule has 1 saturated heterocycles. The third kappa shape index (κ3) is 4.39. The lowest BCUT2D eigenvalue weighted by atomic mass is 9.89. The first-order chi connectivity index (χ1) is 10.2. The predicted octanol–water partition coefficient (Wildman–Crippen LogP) is 3.07. The van der Waals surface area contributed by atoms with Gasteiger partial charge in [-0.3, -0.25) is 14.7 Å². The lowest BCUT2D eigenvalue weighted by Gasteiger charge is -2.34. The van der Waals surface area contributed by atoms with Gasteiger partial charge in [-0.05, 0) is 56.0 Å². The summed E-state index contributed by atoms with van der Waals surface area (Å²) in [5, 5.41) is 9.41. The van der Waals surface area contributed by atoms with Crippen LogP contribution < -0.4 is 0 Å².